The molecule has 3 rings (SSSR count). The topological polar surface area (TPSA) is 99.5 Å². The van der Waals surface area contributed by atoms with Crippen molar-refractivity contribution in [1.29, 1.82) is 0 Å². The number of rotatable bonds is 4. The number of hydroxylamine groups is 4. The van der Waals surface area contributed by atoms with Gasteiger partial charge in [-0.1, -0.05) is 0 Å². The maximum absolute atomic E-state index is 12.7. The predicted octanol–water partition coefficient (Wildman–Crippen LogP) is 3.53. The minimum absolute atomic E-state index is 0.298. The molecule has 3 aliphatic rings. The molecule has 0 amide bonds. The third-order valence-corrected chi connectivity index (χ3v) is 7.16. The molecular formula is C23H40N2O6. The lowest BCUT2D eigenvalue weighted by Gasteiger charge is -2.51. The summed E-state index contributed by atoms with van der Waals surface area (Å²) in [6.45, 7) is 15.4. The molecule has 0 spiro atoms. The van der Waals surface area contributed by atoms with Crippen LogP contribution in [0.5, 0.6) is 0 Å². The van der Waals surface area contributed by atoms with E-state index in [9.17, 15) is 20.0 Å². The Kier molecular flexibility index (Phi) is 6.05. The second kappa shape index (κ2) is 7.68. The van der Waals surface area contributed by atoms with Gasteiger partial charge in [0.1, 0.15) is 12.2 Å². The van der Waals surface area contributed by atoms with Crippen LogP contribution >= 0.6 is 0 Å². The normalized spacial score (nSPS) is 33.0. The van der Waals surface area contributed by atoms with Crippen LogP contribution in [-0.4, -0.2) is 66.8 Å². The summed E-state index contributed by atoms with van der Waals surface area (Å²) in [6.07, 6.45) is 1.99. The van der Waals surface area contributed by atoms with E-state index < -0.39 is 34.0 Å². The number of piperidine rings is 2. The molecule has 8 heteroatoms. The van der Waals surface area contributed by atoms with Crippen LogP contribution in [0.4, 0.5) is 0 Å². The van der Waals surface area contributed by atoms with Gasteiger partial charge in [-0.15, -0.1) is 0 Å². The number of hydrogen-bond donors (Lipinski definition) is 2. The molecule has 3 fully saturated rings. The minimum atomic E-state index is -0.504. The summed E-state index contributed by atoms with van der Waals surface area (Å²) in [7, 11) is 0. The molecule has 8 nitrogen and oxygen atoms in total. The summed E-state index contributed by atoms with van der Waals surface area (Å²) >= 11 is 0. The van der Waals surface area contributed by atoms with Gasteiger partial charge in [0, 0.05) is 47.8 Å². The Morgan fingerprint density at radius 3 is 1.16 bits per heavy atom. The first-order chi connectivity index (χ1) is 14.0. The van der Waals surface area contributed by atoms with E-state index in [1.807, 2.05) is 55.4 Å². The monoisotopic (exact) mass is 440 g/mol. The number of nitrogens with zero attached hydrogens (tertiary/aromatic N) is 2. The molecule has 1 aliphatic carbocycles. The van der Waals surface area contributed by atoms with Crippen molar-refractivity contribution in [2.75, 3.05) is 0 Å². The summed E-state index contributed by atoms with van der Waals surface area (Å²) in [5.41, 5.74) is -2.02. The van der Waals surface area contributed by atoms with Gasteiger partial charge in [0.05, 0.1) is 11.8 Å². The average Bonchev–Trinajstić information content (AvgIpc) is 3.37. The van der Waals surface area contributed by atoms with Crippen LogP contribution in [0.3, 0.4) is 0 Å². The highest BCUT2D eigenvalue weighted by Gasteiger charge is 2.54. The molecule has 2 heterocycles. The van der Waals surface area contributed by atoms with E-state index >= 15 is 0 Å². The minimum Gasteiger partial charge on any atom is -0.462 e. The molecule has 178 valence electrons. The SMILES string of the molecule is CC1(C)CC(OC(=O)[C@H]2C[C@H]2C(=O)OC2CC(C)(C)N(O)C(C)(C)C2)CC(C)(C)N1O. The van der Waals surface area contributed by atoms with Crippen LogP contribution < -0.4 is 0 Å². The largest absolute Gasteiger partial charge is 0.462 e. The molecule has 1 saturated carbocycles. The average molecular weight is 441 g/mol. The first kappa shape index (κ1) is 24.4. The van der Waals surface area contributed by atoms with Gasteiger partial charge in [0.25, 0.3) is 0 Å². The van der Waals surface area contributed by atoms with Gasteiger partial charge >= 0.3 is 11.9 Å². The lowest BCUT2D eigenvalue weighted by atomic mass is 9.80. The van der Waals surface area contributed by atoms with E-state index in [4.69, 9.17) is 9.47 Å². The second-order valence-corrected chi connectivity index (χ2v) is 12.3. The van der Waals surface area contributed by atoms with Gasteiger partial charge in [-0.3, -0.25) is 9.59 Å². The summed E-state index contributed by atoms with van der Waals surface area (Å²) in [6, 6.07) is 0. The molecule has 2 saturated heterocycles. The van der Waals surface area contributed by atoms with E-state index in [0.717, 1.165) is 0 Å². The quantitative estimate of drug-likeness (QED) is 0.641. The molecule has 31 heavy (non-hydrogen) atoms. The van der Waals surface area contributed by atoms with Crippen molar-refractivity contribution in [3.05, 3.63) is 0 Å². The van der Waals surface area contributed by atoms with E-state index in [2.05, 4.69) is 0 Å². The van der Waals surface area contributed by atoms with Crippen molar-refractivity contribution in [2.45, 2.75) is 122 Å². The van der Waals surface area contributed by atoms with Crippen molar-refractivity contribution in [2.24, 2.45) is 11.8 Å². The highest BCUT2D eigenvalue weighted by molar-refractivity contribution is 5.87. The van der Waals surface area contributed by atoms with Crippen LogP contribution in [0.2, 0.25) is 0 Å². The van der Waals surface area contributed by atoms with Crippen LogP contribution in [0.25, 0.3) is 0 Å². The number of ether oxygens (including phenoxy) is 2. The van der Waals surface area contributed by atoms with Gasteiger partial charge in [-0.25, -0.2) is 0 Å². The molecular weight excluding hydrogens is 400 g/mol. The number of esters is 2. The van der Waals surface area contributed by atoms with Crippen LogP contribution in [0.1, 0.15) is 87.5 Å². The molecule has 0 aromatic carbocycles. The van der Waals surface area contributed by atoms with Gasteiger partial charge in [-0.2, -0.15) is 10.1 Å². The Balaban J connectivity index is 1.54. The molecule has 2 atom stereocenters. The maximum Gasteiger partial charge on any atom is 0.310 e. The fraction of sp³-hybridized carbons (Fsp3) is 0.913. The zero-order valence-corrected chi connectivity index (χ0v) is 20.3. The fourth-order valence-electron chi connectivity index (χ4n) is 5.74. The molecule has 0 radical (unpaired) electrons. The van der Waals surface area contributed by atoms with Crippen molar-refractivity contribution in [3.8, 4) is 0 Å². The maximum atomic E-state index is 12.7. The standard InChI is InChI=1S/C23H40N2O6/c1-20(2)10-14(11-21(3,4)24(20)28)30-18(26)16-9-17(16)19(27)31-15-12-22(5,6)25(29)23(7,8)13-15/h14-17,28-29H,9-13H2,1-8H3/t16-,17+. The number of carbonyl (C=O) groups is 2. The molecule has 0 aromatic heterocycles. The highest BCUT2D eigenvalue weighted by Crippen LogP contribution is 2.45. The van der Waals surface area contributed by atoms with Crippen LogP contribution in [0.15, 0.2) is 0 Å². The molecule has 0 unspecified atom stereocenters. The number of carbonyl (C=O) groups excluding carboxylic acids is 2. The smallest absolute Gasteiger partial charge is 0.310 e. The van der Waals surface area contributed by atoms with Crippen molar-refractivity contribution in [1.82, 2.24) is 10.1 Å². The van der Waals surface area contributed by atoms with Crippen LogP contribution in [0, 0.1) is 11.8 Å². The van der Waals surface area contributed by atoms with E-state index in [1.165, 1.54) is 10.1 Å². The van der Waals surface area contributed by atoms with Crippen molar-refractivity contribution >= 4 is 11.9 Å². The summed E-state index contributed by atoms with van der Waals surface area (Å²) in [5.74, 6) is -1.61. The Hall–Kier alpha value is -1.22. The van der Waals surface area contributed by atoms with Crippen LogP contribution in [-0.2, 0) is 19.1 Å². The lowest BCUT2D eigenvalue weighted by Crippen LogP contribution is -2.60. The zero-order valence-electron chi connectivity index (χ0n) is 20.3. The molecule has 0 bridgehead atoms. The van der Waals surface area contributed by atoms with Gasteiger partial charge < -0.3 is 19.9 Å². The Bertz CT molecular complexity index is 636. The van der Waals surface area contributed by atoms with E-state index in [-0.39, 0.29) is 24.1 Å². The first-order valence-corrected chi connectivity index (χ1v) is 11.4. The van der Waals surface area contributed by atoms with E-state index in [1.54, 1.807) is 0 Å². The van der Waals surface area contributed by atoms with Gasteiger partial charge in [0.15, 0.2) is 0 Å². The molecule has 2 N–H and O–H groups in total. The number of hydrogen-bond acceptors (Lipinski definition) is 8. The van der Waals surface area contributed by atoms with Gasteiger partial charge in [-0.05, 0) is 61.8 Å². The Labute approximate surface area is 185 Å². The predicted molar refractivity (Wildman–Crippen MR) is 113 cm³/mol. The Morgan fingerprint density at radius 1 is 0.645 bits per heavy atom. The summed E-state index contributed by atoms with van der Waals surface area (Å²) in [4.78, 5) is 25.4. The fourth-order valence-corrected chi connectivity index (χ4v) is 5.74. The molecule has 2 aliphatic heterocycles. The zero-order chi connectivity index (χ0) is 23.6. The summed E-state index contributed by atoms with van der Waals surface area (Å²) < 4.78 is 11.5. The van der Waals surface area contributed by atoms with Gasteiger partial charge in [0.2, 0.25) is 0 Å². The highest BCUT2D eigenvalue weighted by atomic mass is 16.6. The second-order valence-electron chi connectivity index (χ2n) is 12.3. The third-order valence-electron chi connectivity index (χ3n) is 7.16. The lowest BCUT2D eigenvalue weighted by molar-refractivity contribution is -0.260. The third kappa shape index (κ3) is 4.92. The summed E-state index contributed by atoms with van der Waals surface area (Å²) in [5, 5.41) is 23.5. The van der Waals surface area contributed by atoms with Crippen molar-refractivity contribution in [3.63, 3.8) is 0 Å². The molecule has 0 aromatic rings. The first-order valence-electron chi connectivity index (χ1n) is 11.4. The van der Waals surface area contributed by atoms with Crippen molar-refractivity contribution < 1.29 is 29.5 Å². The Morgan fingerprint density at radius 2 is 0.903 bits per heavy atom. The van der Waals surface area contributed by atoms with E-state index in [0.29, 0.717) is 32.1 Å².